The number of ether oxygens (including phenoxy) is 1. The zero-order valence-corrected chi connectivity index (χ0v) is 10.3. The number of nitrogens with zero attached hydrogens (tertiary/aromatic N) is 2. The summed E-state index contributed by atoms with van der Waals surface area (Å²) in [4.78, 5) is 4.72. The van der Waals surface area contributed by atoms with Crippen molar-refractivity contribution in [3.63, 3.8) is 0 Å². The number of rotatable bonds is 2. The summed E-state index contributed by atoms with van der Waals surface area (Å²) in [6.45, 7) is 2.87. The topological polar surface area (TPSA) is 53.1 Å². The average Bonchev–Trinajstić information content (AvgIpc) is 2.71. The Kier molecular flexibility index (Phi) is 3.16. The maximum absolute atomic E-state index is 5.97. The lowest BCUT2D eigenvalue weighted by atomic mass is 9.97. The number of hydrogen-bond acceptors (Lipinski definition) is 3. The van der Waals surface area contributed by atoms with Crippen molar-refractivity contribution >= 4 is 0 Å². The molecule has 4 heteroatoms. The summed E-state index contributed by atoms with van der Waals surface area (Å²) in [7, 11) is 0. The van der Waals surface area contributed by atoms with Gasteiger partial charge in [0.25, 0.3) is 0 Å². The number of aryl methyl sites for hydroxylation is 1. The fourth-order valence-corrected chi connectivity index (χ4v) is 2.87. The highest BCUT2D eigenvalue weighted by atomic mass is 16.5. The van der Waals surface area contributed by atoms with Crippen LogP contribution < -0.4 is 5.73 Å². The Hall–Kier alpha value is -0.870. The molecule has 0 radical (unpaired) electrons. The normalized spacial score (nSPS) is 29.0. The summed E-state index contributed by atoms with van der Waals surface area (Å²) in [6.07, 6.45) is 7.77. The molecule has 1 fully saturated rings. The molecule has 3 heterocycles. The van der Waals surface area contributed by atoms with Gasteiger partial charge in [0, 0.05) is 38.4 Å². The van der Waals surface area contributed by atoms with Crippen molar-refractivity contribution in [3.8, 4) is 0 Å². The van der Waals surface area contributed by atoms with Crippen LogP contribution in [0.3, 0.4) is 0 Å². The van der Waals surface area contributed by atoms with Gasteiger partial charge in [-0.15, -0.1) is 0 Å². The van der Waals surface area contributed by atoms with Gasteiger partial charge in [0.1, 0.15) is 5.82 Å². The first-order valence-corrected chi connectivity index (χ1v) is 6.69. The highest BCUT2D eigenvalue weighted by Gasteiger charge is 2.20. The lowest BCUT2D eigenvalue weighted by Gasteiger charge is -2.20. The van der Waals surface area contributed by atoms with Gasteiger partial charge in [-0.05, 0) is 31.6 Å². The van der Waals surface area contributed by atoms with Gasteiger partial charge in [0.05, 0.1) is 5.69 Å². The third kappa shape index (κ3) is 2.53. The maximum Gasteiger partial charge on any atom is 0.110 e. The third-order valence-corrected chi connectivity index (χ3v) is 3.85. The second-order valence-electron chi connectivity index (χ2n) is 5.38. The molecule has 94 valence electrons. The second kappa shape index (κ2) is 4.78. The average molecular weight is 235 g/mol. The van der Waals surface area contributed by atoms with Gasteiger partial charge < -0.3 is 15.0 Å². The van der Waals surface area contributed by atoms with Crippen LogP contribution in [0.15, 0.2) is 6.20 Å². The van der Waals surface area contributed by atoms with E-state index in [1.165, 1.54) is 24.4 Å². The molecule has 1 saturated heterocycles. The fourth-order valence-electron chi connectivity index (χ4n) is 2.87. The Morgan fingerprint density at radius 3 is 3.24 bits per heavy atom. The van der Waals surface area contributed by atoms with Crippen LogP contribution in [0.1, 0.15) is 30.8 Å². The molecule has 4 nitrogen and oxygen atoms in total. The van der Waals surface area contributed by atoms with Gasteiger partial charge >= 0.3 is 0 Å². The van der Waals surface area contributed by atoms with Crippen molar-refractivity contribution in [2.75, 3.05) is 13.2 Å². The van der Waals surface area contributed by atoms with E-state index in [4.69, 9.17) is 15.5 Å². The standard InChI is InChI=1S/C13H21N3O/c14-11-3-4-16-8-12(15-13(16)7-11)6-10-2-1-5-17-9-10/h8,10-11H,1-7,9,14H2. The molecule has 0 saturated carbocycles. The summed E-state index contributed by atoms with van der Waals surface area (Å²) < 4.78 is 7.80. The van der Waals surface area contributed by atoms with Crippen LogP contribution in [0.2, 0.25) is 0 Å². The van der Waals surface area contributed by atoms with Crippen LogP contribution in [0.4, 0.5) is 0 Å². The monoisotopic (exact) mass is 235 g/mol. The van der Waals surface area contributed by atoms with Crippen molar-refractivity contribution in [2.24, 2.45) is 11.7 Å². The highest BCUT2D eigenvalue weighted by molar-refractivity contribution is 5.08. The van der Waals surface area contributed by atoms with Crippen LogP contribution in [-0.2, 0) is 24.1 Å². The summed E-state index contributed by atoms with van der Waals surface area (Å²) >= 11 is 0. The first kappa shape index (κ1) is 11.2. The van der Waals surface area contributed by atoms with Gasteiger partial charge in [-0.3, -0.25) is 0 Å². The molecule has 0 aromatic carbocycles. The zero-order chi connectivity index (χ0) is 11.7. The minimum absolute atomic E-state index is 0.302. The van der Waals surface area contributed by atoms with Crippen LogP contribution in [0.25, 0.3) is 0 Å². The molecule has 2 aliphatic rings. The van der Waals surface area contributed by atoms with Gasteiger partial charge in [0.2, 0.25) is 0 Å². The molecule has 0 bridgehead atoms. The largest absolute Gasteiger partial charge is 0.381 e. The summed E-state index contributed by atoms with van der Waals surface area (Å²) in [5, 5.41) is 0. The molecule has 17 heavy (non-hydrogen) atoms. The number of fused-ring (bicyclic) bond motifs is 1. The van der Waals surface area contributed by atoms with Gasteiger partial charge in [-0.25, -0.2) is 4.98 Å². The number of nitrogens with two attached hydrogens (primary N) is 1. The van der Waals surface area contributed by atoms with E-state index < -0.39 is 0 Å². The van der Waals surface area contributed by atoms with Crippen molar-refractivity contribution in [2.45, 2.75) is 44.7 Å². The fraction of sp³-hybridized carbons (Fsp3) is 0.769. The third-order valence-electron chi connectivity index (χ3n) is 3.85. The molecule has 3 rings (SSSR count). The van der Waals surface area contributed by atoms with Crippen LogP contribution in [0.5, 0.6) is 0 Å². The molecule has 1 aromatic rings. The lowest BCUT2D eigenvalue weighted by Crippen LogP contribution is -2.30. The Balaban J connectivity index is 1.67. The van der Waals surface area contributed by atoms with Gasteiger partial charge in [-0.2, -0.15) is 0 Å². The molecule has 2 aliphatic heterocycles. The van der Waals surface area contributed by atoms with E-state index in [9.17, 15) is 0 Å². The van der Waals surface area contributed by atoms with Crippen molar-refractivity contribution in [1.29, 1.82) is 0 Å². The number of imidazole rings is 1. The second-order valence-corrected chi connectivity index (χ2v) is 5.38. The molecule has 0 amide bonds. The minimum Gasteiger partial charge on any atom is -0.381 e. The van der Waals surface area contributed by atoms with E-state index >= 15 is 0 Å². The first-order valence-electron chi connectivity index (χ1n) is 6.69. The van der Waals surface area contributed by atoms with Crippen LogP contribution in [0, 0.1) is 5.92 Å². The van der Waals surface area contributed by atoms with Crippen molar-refractivity contribution < 1.29 is 4.74 Å². The molecular weight excluding hydrogens is 214 g/mol. The van der Waals surface area contributed by atoms with E-state index in [1.807, 2.05) is 0 Å². The molecule has 2 N–H and O–H groups in total. The smallest absolute Gasteiger partial charge is 0.110 e. The Labute approximate surface area is 102 Å². The maximum atomic E-state index is 5.97. The number of hydrogen-bond donors (Lipinski definition) is 1. The number of aromatic nitrogens is 2. The zero-order valence-electron chi connectivity index (χ0n) is 10.3. The van der Waals surface area contributed by atoms with E-state index in [1.54, 1.807) is 0 Å². The molecule has 0 aliphatic carbocycles. The van der Waals surface area contributed by atoms with Crippen molar-refractivity contribution in [1.82, 2.24) is 9.55 Å². The summed E-state index contributed by atoms with van der Waals surface area (Å²) in [5.74, 6) is 1.84. The predicted molar refractivity (Wildman–Crippen MR) is 65.8 cm³/mol. The first-order chi connectivity index (χ1) is 8.31. The SMILES string of the molecule is NC1CCn2cc(CC3CCCOC3)nc2C1. The summed E-state index contributed by atoms with van der Waals surface area (Å²) in [5.41, 5.74) is 7.20. The van der Waals surface area contributed by atoms with E-state index in [0.29, 0.717) is 12.0 Å². The Bertz CT molecular complexity index is 382. The van der Waals surface area contributed by atoms with Gasteiger partial charge in [0.15, 0.2) is 0 Å². The molecule has 2 unspecified atom stereocenters. The van der Waals surface area contributed by atoms with Crippen molar-refractivity contribution in [3.05, 3.63) is 17.7 Å². The predicted octanol–water partition coefficient (Wildman–Crippen LogP) is 1.13. The lowest BCUT2D eigenvalue weighted by molar-refractivity contribution is 0.0547. The van der Waals surface area contributed by atoms with E-state index in [2.05, 4.69) is 10.8 Å². The minimum atomic E-state index is 0.302. The summed E-state index contributed by atoms with van der Waals surface area (Å²) in [6, 6.07) is 0.302. The van der Waals surface area contributed by atoms with Crippen LogP contribution in [-0.4, -0.2) is 28.8 Å². The van der Waals surface area contributed by atoms with Crippen LogP contribution >= 0.6 is 0 Å². The molecule has 1 aromatic heterocycles. The quantitative estimate of drug-likeness (QED) is 0.836. The van der Waals surface area contributed by atoms with E-state index in [-0.39, 0.29) is 0 Å². The Morgan fingerprint density at radius 1 is 1.47 bits per heavy atom. The Morgan fingerprint density at radius 2 is 2.41 bits per heavy atom. The van der Waals surface area contributed by atoms with E-state index in [0.717, 1.165) is 39.0 Å². The highest BCUT2D eigenvalue weighted by Crippen LogP contribution is 2.20. The molecule has 0 spiro atoms. The molecular formula is C13H21N3O. The molecule has 2 atom stereocenters. The van der Waals surface area contributed by atoms with Gasteiger partial charge in [-0.1, -0.05) is 0 Å².